The average Bonchev–Trinajstić information content (AvgIpc) is 3.18. The Morgan fingerprint density at radius 2 is 2.08 bits per heavy atom. The van der Waals surface area contributed by atoms with Gasteiger partial charge in [0.05, 0.1) is 0 Å². The topological polar surface area (TPSA) is 55.1 Å². The van der Waals surface area contributed by atoms with Gasteiger partial charge in [-0.15, -0.1) is 0 Å². The molecule has 0 saturated heterocycles. The summed E-state index contributed by atoms with van der Waals surface area (Å²) in [6, 6.07) is 4.60. The highest BCUT2D eigenvalue weighted by Gasteiger charge is 2.32. The lowest BCUT2D eigenvalue weighted by Gasteiger charge is -2.38. The molecule has 0 radical (unpaired) electrons. The molecule has 0 amide bonds. The Hall–Kier alpha value is -1.75. The third-order valence-corrected chi connectivity index (χ3v) is 5.63. The maximum absolute atomic E-state index is 5.42. The molecule has 25 heavy (non-hydrogen) atoms. The fourth-order valence-corrected chi connectivity index (χ4v) is 4.13. The SMILES string of the molecule is CCCCCC1CCC(N(C)C(c2cccnc2)c2ncno2)CC1. The van der Waals surface area contributed by atoms with Crippen LogP contribution in [0.3, 0.4) is 0 Å². The van der Waals surface area contributed by atoms with Gasteiger partial charge in [0.2, 0.25) is 5.89 Å². The zero-order valence-electron chi connectivity index (χ0n) is 15.5. The highest BCUT2D eigenvalue weighted by atomic mass is 16.5. The van der Waals surface area contributed by atoms with Crippen LogP contribution < -0.4 is 0 Å². The zero-order chi connectivity index (χ0) is 17.5. The predicted octanol–water partition coefficient (Wildman–Crippen LogP) is 4.62. The predicted molar refractivity (Wildman–Crippen MR) is 98.0 cm³/mol. The van der Waals surface area contributed by atoms with Crippen LogP contribution in [0.4, 0.5) is 0 Å². The monoisotopic (exact) mass is 342 g/mol. The molecule has 5 nitrogen and oxygen atoms in total. The van der Waals surface area contributed by atoms with E-state index in [0.717, 1.165) is 11.5 Å². The first-order chi connectivity index (χ1) is 12.3. The maximum atomic E-state index is 5.42. The van der Waals surface area contributed by atoms with Crippen LogP contribution in [0, 0.1) is 5.92 Å². The molecule has 136 valence electrons. The summed E-state index contributed by atoms with van der Waals surface area (Å²) in [6.07, 6.45) is 15.8. The molecule has 0 spiro atoms. The van der Waals surface area contributed by atoms with Crippen molar-refractivity contribution in [2.24, 2.45) is 5.92 Å². The Labute approximate surface area is 150 Å². The quantitative estimate of drug-likeness (QED) is 0.655. The van der Waals surface area contributed by atoms with Crippen LogP contribution in [0.1, 0.15) is 75.8 Å². The van der Waals surface area contributed by atoms with E-state index in [2.05, 4.69) is 40.1 Å². The first-order valence-corrected chi connectivity index (χ1v) is 9.68. The van der Waals surface area contributed by atoms with Crippen molar-refractivity contribution >= 4 is 0 Å². The number of aromatic nitrogens is 3. The van der Waals surface area contributed by atoms with Gasteiger partial charge >= 0.3 is 0 Å². The van der Waals surface area contributed by atoms with Crippen molar-refractivity contribution in [3.8, 4) is 0 Å². The normalized spacial score (nSPS) is 22.2. The van der Waals surface area contributed by atoms with E-state index in [0.29, 0.717) is 11.9 Å². The fourth-order valence-electron chi connectivity index (χ4n) is 4.13. The van der Waals surface area contributed by atoms with Gasteiger partial charge in [0.1, 0.15) is 6.04 Å². The van der Waals surface area contributed by atoms with E-state index in [-0.39, 0.29) is 6.04 Å². The summed E-state index contributed by atoms with van der Waals surface area (Å²) in [5, 5.41) is 3.82. The molecule has 5 heteroatoms. The number of rotatable bonds is 8. The first-order valence-electron chi connectivity index (χ1n) is 9.68. The Balaban J connectivity index is 1.65. The summed E-state index contributed by atoms with van der Waals surface area (Å²) < 4.78 is 5.42. The molecule has 0 aliphatic heterocycles. The van der Waals surface area contributed by atoms with Gasteiger partial charge in [-0.1, -0.05) is 43.8 Å². The van der Waals surface area contributed by atoms with E-state index in [1.165, 1.54) is 57.7 Å². The molecule has 3 rings (SSSR count). The molecule has 2 heterocycles. The van der Waals surface area contributed by atoms with Gasteiger partial charge in [-0.05, 0) is 50.3 Å². The van der Waals surface area contributed by atoms with Crippen LogP contribution >= 0.6 is 0 Å². The first kappa shape index (κ1) is 18.1. The van der Waals surface area contributed by atoms with Gasteiger partial charge in [0.25, 0.3) is 0 Å². The standard InChI is InChI=1S/C20H30N4O/c1-3-4-5-7-16-9-11-18(12-10-16)24(2)19(20-22-15-23-25-20)17-8-6-13-21-14-17/h6,8,13-16,18-19H,3-5,7,9-12H2,1-2H3. The van der Waals surface area contributed by atoms with Crippen LogP contribution in [0.5, 0.6) is 0 Å². The van der Waals surface area contributed by atoms with Crippen molar-refractivity contribution in [1.82, 2.24) is 20.0 Å². The highest BCUT2D eigenvalue weighted by molar-refractivity contribution is 5.20. The Morgan fingerprint density at radius 3 is 2.72 bits per heavy atom. The number of pyridine rings is 1. The van der Waals surface area contributed by atoms with E-state index in [1.54, 1.807) is 6.20 Å². The van der Waals surface area contributed by atoms with Gasteiger partial charge in [-0.25, -0.2) is 0 Å². The average molecular weight is 342 g/mol. The van der Waals surface area contributed by atoms with Gasteiger partial charge in [0.15, 0.2) is 6.33 Å². The molecular weight excluding hydrogens is 312 g/mol. The van der Waals surface area contributed by atoms with Gasteiger partial charge in [0, 0.05) is 18.4 Å². The summed E-state index contributed by atoms with van der Waals surface area (Å²) in [4.78, 5) is 11.0. The molecule has 1 atom stereocenters. The fraction of sp³-hybridized carbons (Fsp3) is 0.650. The second kappa shape index (κ2) is 9.09. The van der Waals surface area contributed by atoms with Gasteiger partial charge in [-0.2, -0.15) is 4.98 Å². The van der Waals surface area contributed by atoms with E-state index < -0.39 is 0 Å². The number of hydrogen-bond acceptors (Lipinski definition) is 5. The lowest BCUT2D eigenvalue weighted by molar-refractivity contribution is 0.116. The summed E-state index contributed by atoms with van der Waals surface area (Å²) in [5.74, 6) is 1.57. The Kier molecular flexibility index (Phi) is 6.56. The van der Waals surface area contributed by atoms with Crippen molar-refractivity contribution in [2.45, 2.75) is 70.4 Å². The molecular formula is C20H30N4O. The van der Waals surface area contributed by atoms with Crippen LogP contribution in [0.15, 0.2) is 35.4 Å². The van der Waals surface area contributed by atoms with Crippen molar-refractivity contribution in [3.63, 3.8) is 0 Å². The minimum Gasteiger partial charge on any atom is -0.338 e. The highest BCUT2D eigenvalue weighted by Crippen LogP contribution is 2.35. The minimum atomic E-state index is -0.0159. The molecule has 1 unspecified atom stereocenters. The van der Waals surface area contributed by atoms with Crippen LogP contribution in [0.2, 0.25) is 0 Å². The third kappa shape index (κ3) is 4.66. The molecule has 2 aromatic rings. The zero-order valence-corrected chi connectivity index (χ0v) is 15.5. The summed E-state index contributed by atoms with van der Waals surface area (Å²) in [5.41, 5.74) is 1.11. The van der Waals surface area contributed by atoms with Crippen molar-refractivity contribution in [1.29, 1.82) is 0 Å². The molecule has 1 fully saturated rings. The smallest absolute Gasteiger partial charge is 0.248 e. The molecule has 0 bridgehead atoms. The number of unbranched alkanes of at least 4 members (excludes halogenated alkanes) is 2. The lowest BCUT2D eigenvalue weighted by Crippen LogP contribution is -2.38. The van der Waals surface area contributed by atoms with Crippen molar-refractivity contribution in [2.75, 3.05) is 7.05 Å². The second-order valence-electron chi connectivity index (χ2n) is 7.30. The molecule has 1 saturated carbocycles. The van der Waals surface area contributed by atoms with Crippen LogP contribution in [-0.4, -0.2) is 33.1 Å². The third-order valence-electron chi connectivity index (χ3n) is 5.63. The number of nitrogens with zero attached hydrogens (tertiary/aromatic N) is 4. The minimum absolute atomic E-state index is 0.0159. The summed E-state index contributed by atoms with van der Waals surface area (Å²) >= 11 is 0. The largest absolute Gasteiger partial charge is 0.338 e. The van der Waals surface area contributed by atoms with Crippen molar-refractivity contribution < 1.29 is 4.52 Å². The van der Waals surface area contributed by atoms with Gasteiger partial charge in [-0.3, -0.25) is 9.88 Å². The Morgan fingerprint density at radius 1 is 1.24 bits per heavy atom. The Bertz CT molecular complexity index is 593. The maximum Gasteiger partial charge on any atom is 0.248 e. The second-order valence-corrected chi connectivity index (χ2v) is 7.30. The van der Waals surface area contributed by atoms with Crippen LogP contribution in [0.25, 0.3) is 0 Å². The van der Waals surface area contributed by atoms with E-state index in [4.69, 9.17) is 4.52 Å². The molecule has 0 N–H and O–H groups in total. The molecule has 1 aliphatic carbocycles. The van der Waals surface area contributed by atoms with E-state index in [9.17, 15) is 0 Å². The van der Waals surface area contributed by atoms with Crippen molar-refractivity contribution in [3.05, 3.63) is 42.3 Å². The molecule has 2 aromatic heterocycles. The van der Waals surface area contributed by atoms with E-state index in [1.807, 2.05) is 12.3 Å². The van der Waals surface area contributed by atoms with Gasteiger partial charge < -0.3 is 4.52 Å². The number of hydrogen-bond donors (Lipinski definition) is 0. The molecule has 0 aromatic carbocycles. The van der Waals surface area contributed by atoms with E-state index >= 15 is 0 Å². The summed E-state index contributed by atoms with van der Waals surface area (Å²) in [7, 11) is 2.18. The molecule has 1 aliphatic rings. The van der Waals surface area contributed by atoms with Crippen LogP contribution in [-0.2, 0) is 0 Å². The lowest BCUT2D eigenvalue weighted by atomic mass is 9.82. The summed E-state index contributed by atoms with van der Waals surface area (Å²) in [6.45, 7) is 2.28.